The van der Waals surface area contributed by atoms with Crippen LogP contribution in [0.15, 0.2) is 59.4 Å². The Morgan fingerprint density at radius 2 is 1.91 bits per heavy atom. The number of carbonyl (C=O) groups excluding carboxylic acids is 1. The van der Waals surface area contributed by atoms with Gasteiger partial charge in [0.05, 0.1) is 0 Å². The van der Waals surface area contributed by atoms with Crippen molar-refractivity contribution in [2.24, 2.45) is 0 Å². The molecule has 6 nitrogen and oxygen atoms in total. The average molecular weight is 438 g/mol. The molecule has 0 fully saturated rings. The molecule has 1 atom stereocenters. The van der Waals surface area contributed by atoms with E-state index in [2.05, 4.69) is 10.3 Å². The lowest BCUT2D eigenvalue weighted by Crippen LogP contribution is -2.39. The Morgan fingerprint density at radius 1 is 1.16 bits per heavy atom. The number of benzene rings is 2. The first-order valence-corrected chi connectivity index (χ1v) is 10.7. The van der Waals surface area contributed by atoms with Crippen molar-refractivity contribution in [2.45, 2.75) is 45.7 Å². The van der Waals surface area contributed by atoms with E-state index < -0.39 is 11.4 Å². The normalized spacial score (nSPS) is 11.9. The van der Waals surface area contributed by atoms with Crippen LogP contribution >= 0.6 is 0 Å². The molecule has 2 N–H and O–H groups in total. The van der Waals surface area contributed by atoms with Crippen LogP contribution < -0.4 is 10.9 Å². The van der Waals surface area contributed by atoms with Gasteiger partial charge >= 0.3 is 0 Å². The van der Waals surface area contributed by atoms with E-state index in [9.17, 15) is 19.1 Å². The predicted molar refractivity (Wildman–Crippen MR) is 122 cm³/mol. The van der Waals surface area contributed by atoms with Crippen molar-refractivity contribution in [1.29, 1.82) is 0 Å². The number of rotatable bonds is 9. The lowest BCUT2D eigenvalue weighted by molar-refractivity contribution is -0.122. The van der Waals surface area contributed by atoms with Gasteiger partial charge in [-0.05, 0) is 44.4 Å². The largest absolute Gasteiger partial charge is 0.396 e. The second-order valence-electron chi connectivity index (χ2n) is 7.87. The van der Waals surface area contributed by atoms with Crippen LogP contribution in [0.25, 0.3) is 11.4 Å². The maximum Gasteiger partial charge on any atom is 0.257 e. The second-order valence-corrected chi connectivity index (χ2v) is 7.87. The third-order valence-electron chi connectivity index (χ3n) is 5.33. The van der Waals surface area contributed by atoms with Gasteiger partial charge in [-0.15, -0.1) is 0 Å². The average Bonchev–Trinajstić information content (AvgIpc) is 2.77. The van der Waals surface area contributed by atoms with E-state index in [1.807, 2.05) is 37.3 Å². The van der Waals surface area contributed by atoms with Gasteiger partial charge in [0.15, 0.2) is 0 Å². The monoisotopic (exact) mass is 437 g/mol. The summed E-state index contributed by atoms with van der Waals surface area (Å²) in [6.45, 7) is 3.14. The van der Waals surface area contributed by atoms with Crippen LogP contribution in [-0.2, 0) is 24.2 Å². The molecular formula is C25H28FN3O3. The number of aromatic nitrogens is 2. The van der Waals surface area contributed by atoms with Crippen molar-refractivity contribution in [2.75, 3.05) is 6.61 Å². The first kappa shape index (κ1) is 23.3. The fourth-order valence-corrected chi connectivity index (χ4v) is 3.66. The number of hydrogen-bond acceptors (Lipinski definition) is 4. The van der Waals surface area contributed by atoms with Crippen LogP contribution in [0.3, 0.4) is 0 Å². The number of nitrogens with zero attached hydrogens (tertiary/aromatic N) is 2. The minimum atomic E-state index is -0.459. The summed E-state index contributed by atoms with van der Waals surface area (Å²) in [6.07, 6.45) is 1.71. The number of aliphatic hydroxyl groups excluding tert-OH is 1. The minimum absolute atomic E-state index is 0.0913. The maximum absolute atomic E-state index is 13.8. The fraction of sp³-hybridized carbons (Fsp3) is 0.320. The highest BCUT2D eigenvalue weighted by molar-refractivity contribution is 5.76. The Hall–Kier alpha value is -3.32. The summed E-state index contributed by atoms with van der Waals surface area (Å²) in [7, 11) is 0. The van der Waals surface area contributed by atoms with E-state index in [1.165, 1.54) is 28.3 Å². The van der Waals surface area contributed by atoms with Gasteiger partial charge in [0.1, 0.15) is 18.2 Å². The molecule has 168 valence electrons. The Labute approximate surface area is 186 Å². The number of aliphatic hydroxyl groups is 1. The minimum Gasteiger partial charge on any atom is -0.396 e. The standard InChI is InChI=1S/C25H28FN3O3/c1-17(11-12-19-7-4-3-5-8-19)27-23(31)16-29-24(20-9-6-10-21(26)15-20)28-18(2)22(13-14-30)25(29)32/h3-10,15,17,30H,11-14,16H2,1-2H3,(H,27,31)/t17-/m1/s1. The zero-order valence-electron chi connectivity index (χ0n) is 18.3. The Bertz CT molecular complexity index is 1130. The molecule has 0 bridgehead atoms. The summed E-state index contributed by atoms with van der Waals surface area (Å²) >= 11 is 0. The lowest BCUT2D eigenvalue weighted by Gasteiger charge is -2.18. The molecule has 7 heteroatoms. The van der Waals surface area contributed by atoms with Gasteiger partial charge in [0.25, 0.3) is 5.56 Å². The highest BCUT2D eigenvalue weighted by atomic mass is 19.1. The highest BCUT2D eigenvalue weighted by Gasteiger charge is 2.18. The zero-order chi connectivity index (χ0) is 23.1. The van der Waals surface area contributed by atoms with E-state index in [0.29, 0.717) is 16.8 Å². The fourth-order valence-electron chi connectivity index (χ4n) is 3.66. The molecule has 0 aliphatic rings. The SMILES string of the molecule is Cc1nc(-c2cccc(F)c2)n(CC(=O)N[C@H](C)CCc2ccccc2)c(=O)c1CCO. The Balaban J connectivity index is 1.82. The van der Waals surface area contributed by atoms with Crippen LogP contribution in [0.1, 0.15) is 30.2 Å². The van der Waals surface area contributed by atoms with Gasteiger partial charge in [-0.25, -0.2) is 9.37 Å². The van der Waals surface area contributed by atoms with Gasteiger partial charge in [-0.2, -0.15) is 0 Å². The summed E-state index contributed by atoms with van der Waals surface area (Å²) in [5.74, 6) is -0.564. The number of halogens is 1. The quantitative estimate of drug-likeness (QED) is 0.539. The molecule has 0 saturated carbocycles. The lowest BCUT2D eigenvalue weighted by atomic mass is 10.1. The third-order valence-corrected chi connectivity index (χ3v) is 5.33. The van der Waals surface area contributed by atoms with Crippen LogP contribution in [-0.4, -0.2) is 33.2 Å². The molecule has 0 aliphatic heterocycles. The predicted octanol–water partition coefficient (Wildman–Crippen LogP) is 3.03. The molecule has 1 amide bonds. The van der Waals surface area contributed by atoms with Gasteiger partial charge in [-0.3, -0.25) is 14.2 Å². The van der Waals surface area contributed by atoms with Crippen LogP contribution in [0.5, 0.6) is 0 Å². The van der Waals surface area contributed by atoms with Crippen LogP contribution in [0, 0.1) is 12.7 Å². The molecule has 3 aromatic rings. The van der Waals surface area contributed by atoms with Gasteiger partial charge < -0.3 is 10.4 Å². The molecule has 0 unspecified atom stereocenters. The van der Waals surface area contributed by atoms with Gasteiger partial charge in [0.2, 0.25) is 5.91 Å². The van der Waals surface area contributed by atoms with Gasteiger partial charge in [0, 0.05) is 35.9 Å². The number of hydrogen-bond donors (Lipinski definition) is 2. The van der Waals surface area contributed by atoms with Crippen molar-refractivity contribution in [3.63, 3.8) is 0 Å². The smallest absolute Gasteiger partial charge is 0.257 e. The van der Waals surface area contributed by atoms with Gasteiger partial charge in [-0.1, -0.05) is 42.5 Å². The van der Waals surface area contributed by atoms with E-state index >= 15 is 0 Å². The second kappa shape index (κ2) is 10.8. The van der Waals surface area contributed by atoms with Crippen molar-refractivity contribution >= 4 is 5.91 Å². The van der Waals surface area contributed by atoms with Crippen LogP contribution in [0.4, 0.5) is 4.39 Å². The highest BCUT2D eigenvalue weighted by Crippen LogP contribution is 2.19. The molecule has 1 aromatic heterocycles. The first-order chi connectivity index (χ1) is 15.4. The van der Waals surface area contributed by atoms with Crippen molar-refractivity contribution in [3.05, 3.63) is 87.6 Å². The first-order valence-electron chi connectivity index (χ1n) is 10.7. The van der Waals surface area contributed by atoms with Crippen molar-refractivity contribution in [1.82, 2.24) is 14.9 Å². The molecule has 0 spiro atoms. The summed E-state index contributed by atoms with van der Waals surface area (Å²) in [4.78, 5) is 30.4. The molecule has 3 rings (SSSR count). The molecule has 0 radical (unpaired) electrons. The summed E-state index contributed by atoms with van der Waals surface area (Å²) in [5, 5.41) is 12.3. The molecule has 0 saturated heterocycles. The summed E-state index contributed by atoms with van der Waals surface area (Å²) < 4.78 is 15.1. The number of nitrogens with one attached hydrogen (secondary N) is 1. The third kappa shape index (κ3) is 5.88. The number of amides is 1. The maximum atomic E-state index is 13.8. The molecule has 0 aliphatic carbocycles. The number of carbonyl (C=O) groups is 1. The van der Waals surface area contributed by atoms with Crippen LogP contribution in [0.2, 0.25) is 0 Å². The molecular weight excluding hydrogens is 409 g/mol. The van der Waals surface area contributed by atoms with E-state index in [-0.39, 0.29) is 37.3 Å². The Morgan fingerprint density at radius 3 is 2.59 bits per heavy atom. The Kier molecular flexibility index (Phi) is 7.89. The van der Waals surface area contributed by atoms with E-state index in [4.69, 9.17) is 0 Å². The van der Waals surface area contributed by atoms with E-state index in [1.54, 1.807) is 13.0 Å². The number of aryl methyl sites for hydroxylation is 2. The summed E-state index contributed by atoms with van der Waals surface area (Å²) in [6, 6.07) is 15.7. The molecule has 32 heavy (non-hydrogen) atoms. The van der Waals surface area contributed by atoms with Crippen molar-refractivity contribution < 1.29 is 14.3 Å². The molecule has 2 aromatic carbocycles. The summed E-state index contributed by atoms with van der Waals surface area (Å²) in [5.41, 5.74) is 1.99. The van der Waals surface area contributed by atoms with Crippen molar-refractivity contribution in [3.8, 4) is 11.4 Å². The zero-order valence-corrected chi connectivity index (χ0v) is 18.3. The van der Waals surface area contributed by atoms with E-state index in [0.717, 1.165) is 12.8 Å². The molecule has 1 heterocycles. The topological polar surface area (TPSA) is 84.2 Å².